The van der Waals surface area contributed by atoms with E-state index in [4.69, 9.17) is 33.4 Å². The first kappa shape index (κ1) is 17.2. The normalized spacial score (nSPS) is 13.2. The minimum atomic E-state index is -4.05. The van der Waals surface area contributed by atoms with Crippen molar-refractivity contribution in [2.75, 3.05) is 6.61 Å². The highest BCUT2D eigenvalue weighted by molar-refractivity contribution is 7.89. The van der Waals surface area contributed by atoms with Gasteiger partial charge in [0.25, 0.3) is 0 Å². The molecule has 0 saturated heterocycles. The molecule has 20 heavy (non-hydrogen) atoms. The first-order valence-corrected chi connectivity index (χ1v) is 7.83. The van der Waals surface area contributed by atoms with E-state index in [1.165, 1.54) is 0 Å². The van der Waals surface area contributed by atoms with E-state index in [-0.39, 0.29) is 11.6 Å². The Bertz CT molecular complexity index is 613. The predicted octanol–water partition coefficient (Wildman–Crippen LogP) is 1.74. The van der Waals surface area contributed by atoms with Gasteiger partial charge in [0.15, 0.2) is 0 Å². The van der Waals surface area contributed by atoms with Gasteiger partial charge in [-0.15, -0.1) is 0 Å². The molecule has 0 aliphatic rings. The van der Waals surface area contributed by atoms with E-state index in [2.05, 4.69) is 4.72 Å². The Morgan fingerprint density at radius 2 is 2.00 bits per heavy atom. The zero-order valence-electron chi connectivity index (χ0n) is 10.4. The third-order valence-electron chi connectivity index (χ3n) is 2.59. The summed E-state index contributed by atoms with van der Waals surface area (Å²) in [6, 6.07) is 1.58. The van der Waals surface area contributed by atoms with Gasteiger partial charge in [-0.05, 0) is 18.6 Å². The second kappa shape index (κ2) is 6.73. The molecule has 3 N–H and O–H groups in total. The number of benzene rings is 1. The fraction of sp³-hybridized carbons (Fsp3) is 0.364. The summed E-state index contributed by atoms with van der Waals surface area (Å²) in [7, 11) is -4.05. The van der Waals surface area contributed by atoms with E-state index in [1.54, 1.807) is 6.92 Å². The average molecular weight is 342 g/mol. The Balaban J connectivity index is 3.33. The minimum Gasteiger partial charge on any atom is -0.478 e. The van der Waals surface area contributed by atoms with E-state index in [0.29, 0.717) is 6.42 Å². The summed E-state index contributed by atoms with van der Waals surface area (Å²) >= 11 is 11.5. The number of aliphatic hydroxyl groups excluding tert-OH is 1. The molecular weight excluding hydrogens is 329 g/mol. The van der Waals surface area contributed by atoms with Gasteiger partial charge in [-0.1, -0.05) is 30.1 Å². The Hall–Kier alpha value is -0.860. The van der Waals surface area contributed by atoms with Gasteiger partial charge >= 0.3 is 5.97 Å². The maximum Gasteiger partial charge on any atom is 0.338 e. The minimum absolute atomic E-state index is 0.157. The topological polar surface area (TPSA) is 104 Å². The van der Waals surface area contributed by atoms with Crippen molar-refractivity contribution < 1.29 is 23.4 Å². The molecular formula is C11H13Cl2NO5S. The number of aliphatic hydroxyl groups is 1. The summed E-state index contributed by atoms with van der Waals surface area (Å²) in [6.45, 7) is 1.31. The van der Waals surface area contributed by atoms with Gasteiger partial charge in [0.1, 0.15) is 4.90 Å². The van der Waals surface area contributed by atoms with Crippen molar-refractivity contribution in [3.8, 4) is 0 Å². The van der Waals surface area contributed by atoms with Crippen molar-refractivity contribution in [2.45, 2.75) is 24.3 Å². The van der Waals surface area contributed by atoms with Crippen molar-refractivity contribution in [2.24, 2.45) is 0 Å². The Morgan fingerprint density at radius 1 is 1.40 bits per heavy atom. The van der Waals surface area contributed by atoms with E-state index in [9.17, 15) is 13.2 Å². The highest BCUT2D eigenvalue weighted by atomic mass is 35.5. The lowest BCUT2D eigenvalue weighted by Gasteiger charge is -2.16. The molecule has 0 radical (unpaired) electrons. The van der Waals surface area contributed by atoms with Crippen LogP contribution >= 0.6 is 23.2 Å². The summed E-state index contributed by atoms with van der Waals surface area (Å²) < 4.78 is 26.5. The largest absolute Gasteiger partial charge is 0.478 e. The SMILES string of the molecule is CC[C@H](CO)NS(=O)(=O)c1ccc(Cl)c(C(=O)O)c1Cl. The number of carboxylic acids is 1. The van der Waals surface area contributed by atoms with Gasteiger partial charge in [-0.25, -0.2) is 17.9 Å². The molecule has 0 heterocycles. The smallest absolute Gasteiger partial charge is 0.338 e. The molecule has 9 heteroatoms. The molecule has 0 bridgehead atoms. The van der Waals surface area contributed by atoms with Crippen LogP contribution in [0.4, 0.5) is 0 Å². The van der Waals surface area contributed by atoms with Gasteiger partial charge in [-0.2, -0.15) is 0 Å². The van der Waals surface area contributed by atoms with Crippen molar-refractivity contribution in [1.82, 2.24) is 4.72 Å². The van der Waals surface area contributed by atoms with Crippen LogP contribution in [0.2, 0.25) is 10.0 Å². The van der Waals surface area contributed by atoms with Crippen LogP contribution in [0.25, 0.3) is 0 Å². The standard InChI is InChI=1S/C11H13Cl2NO5S/c1-2-6(5-15)14-20(18,19)8-4-3-7(12)9(10(8)13)11(16)17/h3-4,6,14-15H,2,5H2,1H3,(H,16,17)/t6-/m1/s1. The molecule has 1 aromatic carbocycles. The third kappa shape index (κ3) is 3.62. The van der Waals surface area contributed by atoms with Crippen molar-refractivity contribution in [3.05, 3.63) is 27.7 Å². The number of hydrogen-bond acceptors (Lipinski definition) is 4. The van der Waals surface area contributed by atoms with Crippen LogP contribution in [0, 0.1) is 0 Å². The van der Waals surface area contributed by atoms with Crippen LogP contribution in [-0.4, -0.2) is 37.2 Å². The van der Waals surface area contributed by atoms with Crippen LogP contribution in [0.5, 0.6) is 0 Å². The summed E-state index contributed by atoms with van der Waals surface area (Å²) in [6.07, 6.45) is 0.368. The average Bonchev–Trinajstić information content (AvgIpc) is 2.35. The molecule has 0 aliphatic heterocycles. The summed E-state index contributed by atoms with van der Waals surface area (Å²) in [5.41, 5.74) is -0.478. The fourth-order valence-electron chi connectivity index (χ4n) is 1.47. The van der Waals surface area contributed by atoms with E-state index in [1.807, 2.05) is 0 Å². The number of halogens is 2. The molecule has 112 valence electrons. The summed E-state index contributed by atoms with van der Waals surface area (Å²) in [5, 5.41) is 17.4. The first-order valence-electron chi connectivity index (χ1n) is 5.59. The second-order valence-corrected chi connectivity index (χ2v) is 6.42. The van der Waals surface area contributed by atoms with Gasteiger partial charge in [0.2, 0.25) is 10.0 Å². The number of aromatic carboxylic acids is 1. The van der Waals surface area contributed by atoms with Gasteiger partial charge in [-0.3, -0.25) is 0 Å². The molecule has 1 rings (SSSR count). The molecule has 0 aromatic heterocycles. The lowest BCUT2D eigenvalue weighted by atomic mass is 10.2. The lowest BCUT2D eigenvalue weighted by molar-refractivity contribution is 0.0697. The molecule has 6 nitrogen and oxygen atoms in total. The quantitative estimate of drug-likeness (QED) is 0.731. The summed E-state index contributed by atoms with van der Waals surface area (Å²) in [5.74, 6) is -1.42. The monoisotopic (exact) mass is 341 g/mol. The van der Waals surface area contributed by atoms with E-state index >= 15 is 0 Å². The molecule has 1 atom stereocenters. The Morgan fingerprint density at radius 3 is 2.45 bits per heavy atom. The van der Waals surface area contributed by atoms with E-state index < -0.39 is 37.5 Å². The highest BCUT2D eigenvalue weighted by Crippen LogP contribution is 2.31. The van der Waals surface area contributed by atoms with Crippen LogP contribution in [0.15, 0.2) is 17.0 Å². The first-order chi connectivity index (χ1) is 9.24. The van der Waals surface area contributed by atoms with Crippen molar-refractivity contribution in [3.63, 3.8) is 0 Å². The van der Waals surface area contributed by atoms with Crippen LogP contribution in [0.3, 0.4) is 0 Å². The van der Waals surface area contributed by atoms with Gasteiger partial charge in [0.05, 0.1) is 22.2 Å². The third-order valence-corrected chi connectivity index (χ3v) is 4.98. The zero-order valence-corrected chi connectivity index (χ0v) is 12.8. The molecule has 0 fully saturated rings. The van der Waals surface area contributed by atoms with E-state index in [0.717, 1.165) is 12.1 Å². The Labute approximate surface area is 126 Å². The molecule has 0 unspecified atom stereocenters. The number of carboxylic acid groups (broad SMARTS) is 1. The molecule has 0 amide bonds. The number of rotatable bonds is 6. The van der Waals surface area contributed by atoms with Crippen molar-refractivity contribution in [1.29, 1.82) is 0 Å². The number of nitrogens with one attached hydrogen (secondary N) is 1. The zero-order chi connectivity index (χ0) is 15.5. The van der Waals surface area contributed by atoms with Crippen LogP contribution in [-0.2, 0) is 10.0 Å². The molecule has 0 saturated carbocycles. The molecule has 0 spiro atoms. The lowest BCUT2D eigenvalue weighted by Crippen LogP contribution is -2.37. The van der Waals surface area contributed by atoms with Gasteiger partial charge in [0, 0.05) is 6.04 Å². The summed E-state index contributed by atoms with van der Waals surface area (Å²) in [4.78, 5) is 10.6. The molecule has 0 aliphatic carbocycles. The number of sulfonamides is 1. The van der Waals surface area contributed by atoms with Crippen molar-refractivity contribution >= 4 is 39.2 Å². The number of carbonyl (C=O) groups is 1. The molecule has 1 aromatic rings. The predicted molar refractivity (Wildman–Crippen MR) is 74.9 cm³/mol. The second-order valence-electron chi connectivity index (χ2n) is 3.95. The Kier molecular flexibility index (Phi) is 5.79. The van der Waals surface area contributed by atoms with Crippen LogP contribution in [0.1, 0.15) is 23.7 Å². The van der Waals surface area contributed by atoms with Gasteiger partial charge < -0.3 is 10.2 Å². The maximum absolute atomic E-state index is 12.1. The maximum atomic E-state index is 12.1. The number of hydrogen-bond donors (Lipinski definition) is 3. The van der Waals surface area contributed by atoms with Crippen LogP contribution < -0.4 is 4.72 Å². The highest BCUT2D eigenvalue weighted by Gasteiger charge is 2.26. The fourth-order valence-corrected chi connectivity index (χ4v) is 3.70.